The van der Waals surface area contributed by atoms with E-state index in [9.17, 15) is 8.78 Å². The Hall–Kier alpha value is -1.77. The summed E-state index contributed by atoms with van der Waals surface area (Å²) in [5.41, 5.74) is 2.11. The van der Waals surface area contributed by atoms with Crippen LogP contribution in [0, 0.1) is 30.5 Å². The van der Waals surface area contributed by atoms with Crippen LogP contribution in [0.2, 0.25) is 0 Å². The van der Waals surface area contributed by atoms with Crippen LogP contribution in [0.5, 0.6) is 0 Å². The Morgan fingerprint density at radius 3 is 2.00 bits per heavy atom. The van der Waals surface area contributed by atoms with E-state index >= 15 is 4.39 Å². The summed E-state index contributed by atoms with van der Waals surface area (Å²) in [4.78, 5) is 0. The topological polar surface area (TPSA) is 0 Å². The second-order valence-electron chi connectivity index (χ2n) is 11.0. The Bertz CT molecular complexity index is 901. The molecular formula is C31H41F3. The lowest BCUT2D eigenvalue weighted by Crippen LogP contribution is -2.25. The van der Waals surface area contributed by atoms with Crippen LogP contribution >= 0.6 is 0 Å². The van der Waals surface area contributed by atoms with Crippen molar-refractivity contribution in [2.24, 2.45) is 17.8 Å². The summed E-state index contributed by atoms with van der Waals surface area (Å²) in [6.45, 7) is 4.23. The number of halogens is 3. The summed E-state index contributed by atoms with van der Waals surface area (Å²) in [5.74, 6) is 1.86. The van der Waals surface area contributed by atoms with Gasteiger partial charge >= 0.3 is 0 Å². The van der Waals surface area contributed by atoms with Crippen molar-refractivity contribution in [1.82, 2.24) is 0 Å². The Morgan fingerprint density at radius 1 is 0.794 bits per heavy atom. The highest BCUT2D eigenvalue weighted by atomic mass is 19.3. The van der Waals surface area contributed by atoms with Gasteiger partial charge in [-0.2, -0.15) is 0 Å². The van der Waals surface area contributed by atoms with E-state index < -0.39 is 17.8 Å². The summed E-state index contributed by atoms with van der Waals surface area (Å²) in [7, 11) is 0. The van der Waals surface area contributed by atoms with E-state index in [1.807, 2.05) is 19.1 Å². The van der Waals surface area contributed by atoms with Crippen LogP contribution in [0.4, 0.5) is 13.2 Å². The van der Waals surface area contributed by atoms with Crippen molar-refractivity contribution >= 4 is 0 Å². The molecule has 0 saturated heterocycles. The van der Waals surface area contributed by atoms with E-state index in [4.69, 9.17) is 0 Å². The molecule has 0 aromatic heterocycles. The third-order valence-electron chi connectivity index (χ3n) is 8.78. The third kappa shape index (κ3) is 5.89. The zero-order valence-corrected chi connectivity index (χ0v) is 21.0. The van der Waals surface area contributed by atoms with Gasteiger partial charge in [-0.05, 0) is 85.8 Å². The van der Waals surface area contributed by atoms with Gasteiger partial charge in [0.25, 0.3) is 6.43 Å². The molecule has 0 spiro atoms. The minimum Gasteiger partial charge on any atom is -0.206 e. The highest BCUT2D eigenvalue weighted by Crippen LogP contribution is 2.46. The summed E-state index contributed by atoms with van der Waals surface area (Å²) in [6.07, 6.45) is 12.1. The quantitative estimate of drug-likeness (QED) is 0.337. The highest BCUT2D eigenvalue weighted by Gasteiger charge is 2.33. The molecule has 0 N–H and O–H groups in total. The smallest absolute Gasteiger partial charge is 0.206 e. The van der Waals surface area contributed by atoms with Crippen molar-refractivity contribution in [1.29, 1.82) is 0 Å². The molecule has 0 radical (unpaired) electrons. The average molecular weight is 471 g/mol. The summed E-state index contributed by atoms with van der Waals surface area (Å²) in [6, 6.07) is 10.9. The molecule has 0 amide bonds. The van der Waals surface area contributed by atoms with Crippen LogP contribution in [0.15, 0.2) is 36.4 Å². The molecular weight excluding hydrogens is 429 g/mol. The highest BCUT2D eigenvalue weighted by molar-refractivity contribution is 5.69. The van der Waals surface area contributed by atoms with Gasteiger partial charge in [0.1, 0.15) is 5.82 Å². The zero-order valence-electron chi connectivity index (χ0n) is 21.0. The first kappa shape index (κ1) is 25.3. The van der Waals surface area contributed by atoms with Crippen molar-refractivity contribution in [3.05, 3.63) is 58.9 Å². The predicted octanol–water partition coefficient (Wildman–Crippen LogP) is 10.4. The van der Waals surface area contributed by atoms with Crippen LogP contribution in [0.25, 0.3) is 11.1 Å². The lowest BCUT2D eigenvalue weighted by atomic mass is 9.67. The second kappa shape index (κ2) is 11.8. The molecule has 0 unspecified atom stereocenters. The van der Waals surface area contributed by atoms with Crippen LogP contribution in [-0.4, -0.2) is 0 Å². The van der Waals surface area contributed by atoms with E-state index in [2.05, 4.69) is 6.92 Å². The molecule has 2 fully saturated rings. The summed E-state index contributed by atoms with van der Waals surface area (Å²) in [5, 5.41) is 0. The molecule has 2 aliphatic carbocycles. The van der Waals surface area contributed by atoms with E-state index in [-0.39, 0.29) is 5.92 Å². The van der Waals surface area contributed by atoms with Crippen molar-refractivity contribution in [3.63, 3.8) is 0 Å². The van der Waals surface area contributed by atoms with E-state index in [0.29, 0.717) is 16.7 Å². The fourth-order valence-corrected chi connectivity index (χ4v) is 6.66. The van der Waals surface area contributed by atoms with Gasteiger partial charge < -0.3 is 0 Å². The molecule has 186 valence electrons. The van der Waals surface area contributed by atoms with Crippen molar-refractivity contribution in [2.45, 2.75) is 103 Å². The van der Waals surface area contributed by atoms with E-state index in [1.54, 1.807) is 24.3 Å². The van der Waals surface area contributed by atoms with Crippen LogP contribution in [-0.2, 0) is 0 Å². The number of rotatable bonds is 8. The average Bonchev–Trinajstić information content (AvgIpc) is 2.85. The maximum atomic E-state index is 15.5. The number of alkyl halides is 2. The Balaban J connectivity index is 1.39. The fraction of sp³-hybridized carbons (Fsp3) is 0.613. The molecule has 2 aromatic carbocycles. The largest absolute Gasteiger partial charge is 0.267 e. The lowest BCUT2D eigenvalue weighted by Gasteiger charge is -2.38. The van der Waals surface area contributed by atoms with Gasteiger partial charge in [0.05, 0.1) is 5.56 Å². The number of unbranched alkanes of at least 4 members (excludes halogenated alkanes) is 2. The lowest BCUT2D eigenvalue weighted by molar-refractivity contribution is 0.145. The molecule has 2 saturated carbocycles. The van der Waals surface area contributed by atoms with Gasteiger partial charge in [-0.3, -0.25) is 0 Å². The first-order valence-electron chi connectivity index (χ1n) is 13.6. The SMILES string of the molecule is CCCCCC1CCC(C2CCC(c3ccc(-c4ccc(C)cc4)c(C(F)F)c3F)CC2)CC1. The van der Waals surface area contributed by atoms with Gasteiger partial charge in [0.15, 0.2) is 0 Å². The molecule has 2 aliphatic rings. The normalized spacial score (nSPS) is 25.6. The first-order valence-corrected chi connectivity index (χ1v) is 13.6. The molecule has 0 aliphatic heterocycles. The minimum atomic E-state index is -2.82. The molecule has 0 atom stereocenters. The van der Waals surface area contributed by atoms with Crippen LogP contribution < -0.4 is 0 Å². The Morgan fingerprint density at radius 2 is 1.41 bits per heavy atom. The number of aryl methyl sites for hydroxylation is 1. The van der Waals surface area contributed by atoms with Crippen LogP contribution in [0.3, 0.4) is 0 Å². The third-order valence-corrected chi connectivity index (χ3v) is 8.78. The maximum Gasteiger partial charge on any atom is 0.267 e. The van der Waals surface area contributed by atoms with Gasteiger partial charge in [-0.25, -0.2) is 13.2 Å². The van der Waals surface area contributed by atoms with Crippen molar-refractivity contribution in [2.75, 3.05) is 0 Å². The monoisotopic (exact) mass is 470 g/mol. The van der Waals surface area contributed by atoms with Gasteiger partial charge in [0, 0.05) is 0 Å². The number of hydrogen-bond acceptors (Lipinski definition) is 0. The van der Waals surface area contributed by atoms with Gasteiger partial charge in [-0.1, -0.05) is 87.4 Å². The molecule has 4 rings (SSSR count). The Kier molecular flexibility index (Phi) is 8.77. The maximum absolute atomic E-state index is 15.5. The standard InChI is InChI=1S/C31H41F3/c1-3-4-5-6-22-9-13-23(14-10-22)24-15-17-26(18-16-24)28-20-19-27(29(30(28)32)31(33)34)25-11-7-21(2)8-12-25/h7-8,11-12,19-20,22-24,26,31H,3-6,9-10,13-18H2,1-2H3. The molecule has 0 bridgehead atoms. The zero-order chi connectivity index (χ0) is 24.1. The van der Waals surface area contributed by atoms with Crippen LogP contribution in [0.1, 0.15) is 113 Å². The van der Waals surface area contributed by atoms with Gasteiger partial charge in [-0.15, -0.1) is 0 Å². The summed E-state index contributed by atoms with van der Waals surface area (Å²) < 4.78 is 43.5. The van der Waals surface area contributed by atoms with Crippen molar-refractivity contribution < 1.29 is 13.2 Å². The van der Waals surface area contributed by atoms with Crippen molar-refractivity contribution in [3.8, 4) is 11.1 Å². The molecule has 0 heterocycles. The molecule has 3 heteroatoms. The van der Waals surface area contributed by atoms with E-state index in [1.165, 1.54) is 51.4 Å². The number of hydrogen-bond donors (Lipinski definition) is 0. The molecule has 0 nitrogen and oxygen atoms in total. The fourth-order valence-electron chi connectivity index (χ4n) is 6.66. The first-order chi connectivity index (χ1) is 16.5. The summed E-state index contributed by atoms with van der Waals surface area (Å²) >= 11 is 0. The van der Waals surface area contributed by atoms with Gasteiger partial charge in [0.2, 0.25) is 0 Å². The predicted molar refractivity (Wildman–Crippen MR) is 136 cm³/mol. The van der Waals surface area contributed by atoms with E-state index in [0.717, 1.165) is 49.0 Å². The molecule has 2 aromatic rings. The number of benzene rings is 2. The molecule has 34 heavy (non-hydrogen) atoms. The minimum absolute atomic E-state index is 0.0613. The second-order valence-corrected chi connectivity index (χ2v) is 11.0. The Labute approximate surface area is 204 Å².